The van der Waals surface area contributed by atoms with E-state index in [2.05, 4.69) is 0 Å². The lowest BCUT2D eigenvalue weighted by molar-refractivity contribution is 0.238. The summed E-state index contributed by atoms with van der Waals surface area (Å²) in [6.45, 7) is 0.264. The minimum Gasteiger partial charge on any atom is -0.336 e. The minimum atomic E-state index is -2.95. The maximum absolute atomic E-state index is 10.6. The van der Waals surface area contributed by atoms with Crippen LogP contribution in [0.3, 0.4) is 0 Å². The van der Waals surface area contributed by atoms with Crippen molar-refractivity contribution in [2.24, 2.45) is 0 Å². The third kappa shape index (κ3) is 6.54. The van der Waals surface area contributed by atoms with E-state index in [0.29, 0.717) is 0 Å². The van der Waals surface area contributed by atoms with Crippen molar-refractivity contribution >= 4 is 36.3 Å². The van der Waals surface area contributed by atoms with Crippen LogP contribution < -0.4 is 0 Å². The molecule has 6 heteroatoms. The molecule has 0 aromatic heterocycles. The molecule has 0 spiro atoms. The molecule has 0 aliphatic heterocycles. The normalized spacial score (nSPS) is 11.2. The summed E-state index contributed by atoms with van der Waals surface area (Å²) in [5.41, 5.74) is 0. The molecule has 0 heterocycles. The van der Waals surface area contributed by atoms with E-state index in [1.165, 1.54) is 4.90 Å². The fourth-order valence-electron chi connectivity index (χ4n) is 0.391. The molecule has 0 N–H and O–H groups in total. The summed E-state index contributed by atoms with van der Waals surface area (Å²) in [6.07, 6.45) is 1.15. The first kappa shape index (κ1) is 11.2. The van der Waals surface area contributed by atoms with Crippen LogP contribution in [0.2, 0.25) is 0 Å². The van der Waals surface area contributed by atoms with Gasteiger partial charge in [-0.15, -0.1) is 0 Å². The number of rotatable bonds is 3. The van der Waals surface area contributed by atoms with Gasteiger partial charge in [-0.05, 0) is 0 Å². The smallest absolute Gasteiger partial charge is 0.282 e. The zero-order valence-electron chi connectivity index (χ0n) is 6.37. The first-order chi connectivity index (χ1) is 4.83. The zero-order chi connectivity index (χ0) is 9.07. The summed E-state index contributed by atoms with van der Waals surface area (Å²) < 4.78 is 21.1. The van der Waals surface area contributed by atoms with Gasteiger partial charge in [-0.3, -0.25) is 4.79 Å². The Morgan fingerprint density at radius 3 is 2.27 bits per heavy atom. The molecular formula is C5H10INO3S. The predicted molar refractivity (Wildman–Crippen MR) is 51.8 cm³/mol. The number of nitrogens with zero attached hydrogens (tertiary/aromatic N) is 1. The molecule has 1 amide bonds. The van der Waals surface area contributed by atoms with E-state index in [0.717, 1.165) is 6.26 Å². The van der Waals surface area contributed by atoms with Gasteiger partial charge in [0.25, 0.3) is 3.91 Å². The van der Waals surface area contributed by atoms with Crippen LogP contribution >= 0.6 is 22.6 Å². The molecule has 0 unspecified atom stereocenters. The standard InChI is InChI=1S/C5H10INO3S/c1-7(5(6)8)3-4-11(2,9)10/h3-4H2,1-2H3. The lowest BCUT2D eigenvalue weighted by Gasteiger charge is -2.11. The Kier molecular flexibility index (Phi) is 4.30. The van der Waals surface area contributed by atoms with Gasteiger partial charge in [-0.25, -0.2) is 8.42 Å². The second-order valence-corrected chi connectivity index (χ2v) is 5.49. The first-order valence-electron chi connectivity index (χ1n) is 2.91. The second kappa shape index (κ2) is 4.24. The minimum absolute atomic E-state index is 0.0260. The fraction of sp³-hybridized carbons (Fsp3) is 0.800. The van der Waals surface area contributed by atoms with Gasteiger partial charge in [0.2, 0.25) is 0 Å². The van der Waals surface area contributed by atoms with E-state index < -0.39 is 9.84 Å². The van der Waals surface area contributed by atoms with Crippen LogP contribution in [-0.2, 0) is 9.84 Å². The highest BCUT2D eigenvalue weighted by atomic mass is 127. The van der Waals surface area contributed by atoms with Gasteiger partial charge in [-0.2, -0.15) is 0 Å². The van der Waals surface area contributed by atoms with Gasteiger partial charge in [0, 0.05) is 42.4 Å². The van der Waals surface area contributed by atoms with Crippen molar-refractivity contribution in [3.05, 3.63) is 0 Å². The topological polar surface area (TPSA) is 54.5 Å². The Morgan fingerprint density at radius 1 is 1.55 bits per heavy atom. The summed E-state index contributed by atoms with van der Waals surface area (Å²) >= 11 is 1.61. The number of hydrogen-bond donors (Lipinski definition) is 0. The van der Waals surface area contributed by atoms with Crippen molar-refractivity contribution in [1.82, 2.24) is 4.90 Å². The summed E-state index contributed by atoms with van der Waals surface area (Å²) in [5, 5.41) is 0. The maximum atomic E-state index is 10.6. The number of carbonyl (C=O) groups excluding carboxylic acids is 1. The van der Waals surface area contributed by atoms with E-state index in [4.69, 9.17) is 0 Å². The molecule has 66 valence electrons. The lowest BCUT2D eigenvalue weighted by Crippen LogP contribution is -2.26. The summed E-state index contributed by atoms with van der Waals surface area (Å²) in [6, 6.07) is 0. The SMILES string of the molecule is CN(CCS(C)(=O)=O)C(=O)I. The average molecular weight is 291 g/mol. The molecule has 0 aliphatic rings. The maximum Gasteiger partial charge on any atom is 0.282 e. The molecule has 4 nitrogen and oxygen atoms in total. The second-order valence-electron chi connectivity index (χ2n) is 2.30. The van der Waals surface area contributed by atoms with Crippen LogP contribution in [0.25, 0.3) is 0 Å². The molecule has 0 saturated heterocycles. The van der Waals surface area contributed by atoms with E-state index in [1.54, 1.807) is 29.6 Å². The van der Waals surface area contributed by atoms with Crippen LogP contribution in [-0.4, -0.2) is 42.8 Å². The van der Waals surface area contributed by atoms with E-state index in [1.807, 2.05) is 0 Å². The molecule has 0 rings (SSSR count). The van der Waals surface area contributed by atoms with Gasteiger partial charge in [0.1, 0.15) is 9.84 Å². The highest BCUT2D eigenvalue weighted by molar-refractivity contribution is 14.1. The van der Waals surface area contributed by atoms with Crippen LogP contribution in [0.15, 0.2) is 0 Å². The largest absolute Gasteiger partial charge is 0.336 e. The van der Waals surface area contributed by atoms with Crippen molar-refractivity contribution in [2.75, 3.05) is 25.6 Å². The van der Waals surface area contributed by atoms with Crippen LogP contribution in [0.1, 0.15) is 0 Å². The lowest BCUT2D eigenvalue weighted by atomic mass is 10.7. The van der Waals surface area contributed by atoms with Gasteiger partial charge in [-0.1, -0.05) is 0 Å². The number of sulfone groups is 1. The number of carbonyl (C=O) groups is 1. The van der Waals surface area contributed by atoms with Gasteiger partial charge in [0.05, 0.1) is 5.75 Å². The monoisotopic (exact) mass is 291 g/mol. The molecule has 0 fully saturated rings. The Bertz CT molecular complexity index is 236. The molecule has 0 aromatic rings. The van der Waals surface area contributed by atoms with Gasteiger partial charge < -0.3 is 4.90 Å². The van der Waals surface area contributed by atoms with E-state index in [9.17, 15) is 13.2 Å². The Morgan fingerprint density at radius 2 is 2.00 bits per heavy atom. The Hall–Kier alpha value is 0.150. The van der Waals surface area contributed by atoms with Crippen molar-refractivity contribution in [3.8, 4) is 0 Å². The highest BCUT2D eigenvalue weighted by Crippen LogP contribution is 1.96. The zero-order valence-corrected chi connectivity index (χ0v) is 9.35. The molecule has 0 aromatic carbocycles. The Labute approximate surface area is 80.0 Å². The number of halogens is 1. The first-order valence-corrected chi connectivity index (χ1v) is 6.05. The molecule has 0 radical (unpaired) electrons. The average Bonchev–Trinajstić information content (AvgIpc) is 1.80. The van der Waals surface area contributed by atoms with Gasteiger partial charge in [0.15, 0.2) is 0 Å². The van der Waals surface area contributed by atoms with Crippen molar-refractivity contribution in [3.63, 3.8) is 0 Å². The third-order valence-electron chi connectivity index (χ3n) is 1.10. The van der Waals surface area contributed by atoms with E-state index in [-0.39, 0.29) is 16.2 Å². The summed E-state index contributed by atoms with van der Waals surface area (Å²) in [4.78, 5) is 11.9. The fourth-order valence-corrected chi connectivity index (χ4v) is 1.24. The summed E-state index contributed by atoms with van der Waals surface area (Å²) in [7, 11) is -1.38. The molecule has 0 aliphatic carbocycles. The predicted octanol–water partition coefficient (Wildman–Crippen LogP) is 0.518. The summed E-state index contributed by atoms with van der Waals surface area (Å²) in [5.74, 6) is 0.0260. The number of amides is 1. The van der Waals surface area contributed by atoms with Crippen molar-refractivity contribution in [2.45, 2.75) is 0 Å². The van der Waals surface area contributed by atoms with Crippen LogP contribution in [0, 0.1) is 0 Å². The van der Waals surface area contributed by atoms with Crippen molar-refractivity contribution in [1.29, 1.82) is 0 Å². The number of hydrogen-bond acceptors (Lipinski definition) is 3. The molecule has 0 saturated carbocycles. The van der Waals surface area contributed by atoms with Crippen LogP contribution in [0.4, 0.5) is 4.79 Å². The van der Waals surface area contributed by atoms with Crippen LogP contribution in [0.5, 0.6) is 0 Å². The quantitative estimate of drug-likeness (QED) is 0.433. The molecular weight excluding hydrogens is 281 g/mol. The third-order valence-corrected chi connectivity index (χ3v) is 2.85. The van der Waals surface area contributed by atoms with Gasteiger partial charge >= 0.3 is 0 Å². The molecule has 0 atom stereocenters. The Balaban J connectivity index is 3.82. The molecule has 0 bridgehead atoms. The van der Waals surface area contributed by atoms with E-state index >= 15 is 0 Å². The highest BCUT2D eigenvalue weighted by Gasteiger charge is 2.07. The van der Waals surface area contributed by atoms with Crippen molar-refractivity contribution < 1.29 is 13.2 Å². The molecule has 11 heavy (non-hydrogen) atoms.